The average Bonchev–Trinajstić information content (AvgIpc) is 2.29. The molecule has 92 valence electrons. The van der Waals surface area contributed by atoms with Gasteiger partial charge in [0.05, 0.1) is 11.3 Å². The van der Waals surface area contributed by atoms with Gasteiger partial charge in [0.15, 0.2) is 4.84 Å². The van der Waals surface area contributed by atoms with Crippen LogP contribution in [0.4, 0.5) is 5.69 Å². The van der Waals surface area contributed by atoms with E-state index in [2.05, 4.69) is 5.32 Å². The maximum Gasteiger partial charge on any atom is 0.337 e. The molecule has 0 fully saturated rings. The topological polar surface area (TPSA) is 66.4 Å². The molecule has 17 heavy (non-hydrogen) atoms. The number of hydrogen-bond donors (Lipinski definition) is 2. The molecule has 0 aliphatic carbocycles. The summed E-state index contributed by atoms with van der Waals surface area (Å²) in [5.41, 5.74) is 1.08. The van der Waals surface area contributed by atoms with Gasteiger partial charge in [-0.05, 0) is 24.1 Å². The summed E-state index contributed by atoms with van der Waals surface area (Å²) >= 11 is 10.7. The van der Waals surface area contributed by atoms with E-state index in [4.69, 9.17) is 28.3 Å². The number of anilines is 1. The Morgan fingerprint density at radius 2 is 2.06 bits per heavy atom. The summed E-state index contributed by atoms with van der Waals surface area (Å²) in [6.07, 6.45) is 0.710. The molecule has 0 atom stereocenters. The molecule has 1 rings (SSSR count). The number of aromatic carboxylic acids is 1. The van der Waals surface area contributed by atoms with Crippen LogP contribution in [0.3, 0.4) is 0 Å². The first-order valence-corrected chi connectivity index (χ1v) is 5.78. The summed E-state index contributed by atoms with van der Waals surface area (Å²) in [4.78, 5) is 21.1. The summed E-state index contributed by atoms with van der Waals surface area (Å²) in [6.45, 7) is 1.91. The zero-order chi connectivity index (χ0) is 13.0. The van der Waals surface area contributed by atoms with E-state index in [0.717, 1.165) is 5.56 Å². The highest BCUT2D eigenvalue weighted by Crippen LogP contribution is 2.19. The maximum absolute atomic E-state index is 11.3. The van der Waals surface area contributed by atoms with E-state index in [-0.39, 0.29) is 11.3 Å². The molecule has 1 aromatic rings. The fourth-order valence-electron chi connectivity index (χ4n) is 1.28. The Morgan fingerprint density at radius 1 is 1.41 bits per heavy atom. The van der Waals surface area contributed by atoms with Crippen LogP contribution in [0, 0.1) is 0 Å². The minimum atomic E-state index is -1.23. The molecule has 0 aliphatic heterocycles. The van der Waals surface area contributed by atoms with Crippen molar-refractivity contribution < 1.29 is 14.7 Å². The molecule has 0 unspecified atom stereocenters. The number of aryl methyl sites for hydroxylation is 1. The van der Waals surface area contributed by atoms with Crippen molar-refractivity contribution in [2.75, 3.05) is 5.32 Å². The Labute approximate surface area is 109 Å². The molecule has 6 heteroatoms. The van der Waals surface area contributed by atoms with E-state index in [1.165, 1.54) is 12.1 Å². The largest absolute Gasteiger partial charge is 0.478 e. The smallest absolute Gasteiger partial charge is 0.337 e. The number of alkyl halides is 2. The van der Waals surface area contributed by atoms with Crippen molar-refractivity contribution in [1.82, 2.24) is 0 Å². The second kappa shape index (κ2) is 5.89. The van der Waals surface area contributed by atoms with Crippen LogP contribution in [0.25, 0.3) is 0 Å². The lowest BCUT2D eigenvalue weighted by molar-refractivity contribution is -0.114. The first-order valence-electron chi connectivity index (χ1n) is 4.91. The number of rotatable bonds is 4. The standard InChI is InChI=1S/C11H11Cl2NO3/c1-2-6-3-4-8(7(5-6)11(16)17)14-10(15)9(12)13/h3-5,9H,2H2,1H3,(H,14,15)(H,16,17). The van der Waals surface area contributed by atoms with E-state index >= 15 is 0 Å². The van der Waals surface area contributed by atoms with Gasteiger partial charge in [0.2, 0.25) is 0 Å². The van der Waals surface area contributed by atoms with Crippen LogP contribution in [-0.4, -0.2) is 21.8 Å². The van der Waals surface area contributed by atoms with Gasteiger partial charge in [-0.1, -0.05) is 36.2 Å². The molecule has 2 N–H and O–H groups in total. The number of carbonyl (C=O) groups is 2. The zero-order valence-corrected chi connectivity index (χ0v) is 10.5. The van der Waals surface area contributed by atoms with Gasteiger partial charge < -0.3 is 10.4 Å². The highest BCUT2D eigenvalue weighted by Gasteiger charge is 2.16. The van der Waals surface area contributed by atoms with Crippen LogP contribution in [0.2, 0.25) is 0 Å². The molecule has 0 saturated heterocycles. The zero-order valence-electron chi connectivity index (χ0n) is 9.04. The minimum absolute atomic E-state index is 0.0201. The lowest BCUT2D eigenvalue weighted by Gasteiger charge is -2.10. The molecule has 0 heterocycles. The number of hydrogen-bond acceptors (Lipinski definition) is 2. The molecule has 0 spiro atoms. The van der Waals surface area contributed by atoms with Gasteiger partial charge in [-0.3, -0.25) is 4.79 Å². The maximum atomic E-state index is 11.3. The normalized spacial score (nSPS) is 10.4. The van der Waals surface area contributed by atoms with Gasteiger partial charge in [0.1, 0.15) is 0 Å². The van der Waals surface area contributed by atoms with Crippen LogP contribution in [0.1, 0.15) is 22.8 Å². The van der Waals surface area contributed by atoms with Gasteiger partial charge in [-0.2, -0.15) is 0 Å². The number of halogens is 2. The van der Waals surface area contributed by atoms with Gasteiger partial charge in [-0.15, -0.1) is 0 Å². The number of amides is 1. The van der Waals surface area contributed by atoms with Crippen LogP contribution in [0.15, 0.2) is 18.2 Å². The summed E-state index contributed by atoms with van der Waals surface area (Å²) in [5, 5.41) is 11.4. The average molecular weight is 276 g/mol. The molecular weight excluding hydrogens is 265 g/mol. The highest BCUT2D eigenvalue weighted by atomic mass is 35.5. The Kier molecular flexibility index (Phi) is 4.78. The molecule has 0 aromatic heterocycles. The number of carboxylic acids is 1. The lowest BCUT2D eigenvalue weighted by Crippen LogP contribution is -2.20. The molecule has 0 bridgehead atoms. The Hall–Kier alpha value is -1.26. The van der Waals surface area contributed by atoms with E-state index in [0.29, 0.717) is 6.42 Å². The van der Waals surface area contributed by atoms with Crippen molar-refractivity contribution in [3.63, 3.8) is 0 Å². The fourth-order valence-corrected chi connectivity index (χ4v) is 1.39. The van der Waals surface area contributed by atoms with Crippen LogP contribution in [-0.2, 0) is 11.2 Å². The third-order valence-electron chi connectivity index (χ3n) is 2.18. The molecule has 1 amide bonds. The summed E-state index contributed by atoms with van der Waals surface area (Å²) in [5.74, 6) is -1.77. The highest BCUT2D eigenvalue weighted by molar-refractivity contribution is 6.54. The van der Waals surface area contributed by atoms with Crippen LogP contribution >= 0.6 is 23.2 Å². The molecular formula is C11H11Cl2NO3. The van der Waals surface area contributed by atoms with Crippen molar-refractivity contribution in [1.29, 1.82) is 0 Å². The van der Waals surface area contributed by atoms with Crippen LogP contribution < -0.4 is 5.32 Å². The third-order valence-corrected chi connectivity index (χ3v) is 2.58. The fraction of sp³-hybridized carbons (Fsp3) is 0.273. The number of benzene rings is 1. The Bertz CT molecular complexity index is 446. The second-order valence-corrected chi connectivity index (χ2v) is 4.42. The molecule has 0 aliphatic rings. The summed E-state index contributed by atoms with van der Waals surface area (Å²) in [6, 6.07) is 4.77. The molecule has 0 radical (unpaired) electrons. The number of nitrogens with one attached hydrogen (secondary N) is 1. The van der Waals surface area contributed by atoms with Crippen molar-refractivity contribution >= 4 is 40.8 Å². The summed E-state index contributed by atoms with van der Waals surface area (Å²) in [7, 11) is 0. The predicted molar refractivity (Wildman–Crippen MR) is 66.9 cm³/mol. The quantitative estimate of drug-likeness (QED) is 0.831. The SMILES string of the molecule is CCc1ccc(NC(=O)C(Cl)Cl)c(C(=O)O)c1. The molecule has 0 saturated carbocycles. The van der Waals surface area contributed by atoms with Gasteiger partial charge in [0.25, 0.3) is 5.91 Å². The Morgan fingerprint density at radius 3 is 2.53 bits per heavy atom. The van der Waals surface area contributed by atoms with Crippen molar-refractivity contribution in [2.45, 2.75) is 18.2 Å². The van der Waals surface area contributed by atoms with Crippen molar-refractivity contribution in [2.24, 2.45) is 0 Å². The predicted octanol–water partition coefficient (Wildman–Crippen LogP) is 2.69. The second-order valence-electron chi connectivity index (χ2n) is 3.33. The number of carbonyl (C=O) groups excluding carboxylic acids is 1. The van der Waals surface area contributed by atoms with Crippen molar-refractivity contribution in [3.05, 3.63) is 29.3 Å². The van der Waals surface area contributed by atoms with Gasteiger partial charge in [0, 0.05) is 0 Å². The summed E-state index contributed by atoms with van der Waals surface area (Å²) < 4.78 is 0. The molecule has 1 aromatic carbocycles. The lowest BCUT2D eigenvalue weighted by atomic mass is 10.1. The first kappa shape index (κ1) is 13.8. The first-order chi connectivity index (χ1) is 7.95. The van der Waals surface area contributed by atoms with Gasteiger partial charge in [-0.25, -0.2) is 4.79 Å². The third kappa shape index (κ3) is 3.61. The van der Waals surface area contributed by atoms with E-state index < -0.39 is 16.7 Å². The van der Waals surface area contributed by atoms with Crippen LogP contribution in [0.5, 0.6) is 0 Å². The van der Waals surface area contributed by atoms with E-state index in [9.17, 15) is 9.59 Å². The van der Waals surface area contributed by atoms with Gasteiger partial charge >= 0.3 is 5.97 Å². The van der Waals surface area contributed by atoms with Crippen molar-refractivity contribution in [3.8, 4) is 0 Å². The monoisotopic (exact) mass is 275 g/mol. The molecule has 4 nitrogen and oxygen atoms in total. The van der Waals surface area contributed by atoms with E-state index in [1.54, 1.807) is 6.07 Å². The Balaban J connectivity index is 3.06. The minimum Gasteiger partial charge on any atom is -0.478 e. The number of carboxylic acid groups (broad SMARTS) is 1. The van der Waals surface area contributed by atoms with E-state index in [1.807, 2.05) is 6.92 Å².